The van der Waals surface area contributed by atoms with Gasteiger partial charge in [-0.1, -0.05) is 30.9 Å². The van der Waals surface area contributed by atoms with Gasteiger partial charge >= 0.3 is 0 Å². The van der Waals surface area contributed by atoms with Crippen molar-refractivity contribution in [2.24, 2.45) is 5.92 Å². The molecule has 5 heterocycles. The maximum atomic E-state index is 12.6. The second-order valence-electron chi connectivity index (χ2n) is 14.7. The Morgan fingerprint density at radius 2 is 1.77 bits per heavy atom. The highest BCUT2D eigenvalue weighted by atomic mass is 35.5. The topological polar surface area (TPSA) is 186 Å². The number of nitrogens with zero attached hydrogens (tertiary/aromatic N) is 9. The average Bonchev–Trinajstić information content (AvgIpc) is 3.67. The number of carbonyl (C=O) groups is 3. The van der Waals surface area contributed by atoms with E-state index < -0.39 is 0 Å². The van der Waals surface area contributed by atoms with Crippen molar-refractivity contribution in [1.29, 1.82) is 5.26 Å². The number of phenols is 1. The van der Waals surface area contributed by atoms with Crippen molar-refractivity contribution in [2.75, 3.05) is 56.1 Å². The molecule has 3 amide bonds. The molecule has 2 aliphatic heterocycles. The van der Waals surface area contributed by atoms with Gasteiger partial charge in [-0.3, -0.25) is 24.0 Å². The molecule has 16 heteroatoms. The van der Waals surface area contributed by atoms with Crippen LogP contribution in [-0.4, -0.2) is 105 Å². The number of hydrogen-bond donors (Lipinski definition) is 3. The lowest BCUT2D eigenvalue weighted by Crippen LogP contribution is -2.42. The molecule has 1 saturated carbocycles. The maximum Gasteiger partial charge on any atom is 0.271 e. The van der Waals surface area contributed by atoms with Crippen LogP contribution in [-0.2, 0) is 9.59 Å². The molecule has 3 N–H and O–H groups in total. The highest BCUT2D eigenvalue weighted by molar-refractivity contribution is 6.31. The van der Waals surface area contributed by atoms with E-state index in [1.807, 2.05) is 12.1 Å². The quantitative estimate of drug-likeness (QED) is 0.177. The summed E-state index contributed by atoms with van der Waals surface area (Å²) < 4.78 is 2.09. The minimum atomic E-state index is -0.122. The lowest BCUT2D eigenvalue weighted by molar-refractivity contribution is -0.120. The molecule has 1 aromatic carbocycles. The number of aromatic nitrogens is 5. The molecular formula is C40H50ClN11O4. The molecule has 15 nitrogen and oxygen atoms in total. The van der Waals surface area contributed by atoms with Crippen LogP contribution in [0.25, 0.3) is 10.9 Å². The number of fused-ring (bicyclic) bond motifs is 1. The summed E-state index contributed by atoms with van der Waals surface area (Å²) in [5.74, 6) is 1.86. The van der Waals surface area contributed by atoms with Crippen molar-refractivity contribution in [2.45, 2.75) is 76.3 Å². The summed E-state index contributed by atoms with van der Waals surface area (Å²) in [5, 5.41) is 28.8. The summed E-state index contributed by atoms with van der Waals surface area (Å²) >= 11 is 5.55. The number of anilines is 2. The summed E-state index contributed by atoms with van der Waals surface area (Å²) in [6, 6.07) is 8.61. The molecule has 7 rings (SSSR count). The van der Waals surface area contributed by atoms with Gasteiger partial charge in [0.05, 0.1) is 46.1 Å². The number of likely N-dealkylation sites (tertiary alicyclic amines) is 1. The lowest BCUT2D eigenvalue weighted by Gasteiger charge is -2.38. The standard InChI is InChI=1S/C33H46N10O3.C7H4ClNO/c1-34-31(45)12-18-42(23-44)32-27-19-38-43(29(27)7-13-35-32)26-10-14-40(15-11-26)22-24-8-16-41(17-9-24)30-21-36-28(20-37-30)33(46)39-25-5-3-2-4-6-25;8-7-3-6(10)2-1-5(7)4-9/h7,13,19-21,23-26H,2-6,8-12,14-18,22H2,1H3,(H,34,45)(H,39,46);1-3,10H. The molecule has 0 unspecified atom stereocenters. The molecule has 3 aliphatic rings. The van der Waals surface area contributed by atoms with Gasteiger partial charge in [0.25, 0.3) is 5.91 Å². The van der Waals surface area contributed by atoms with Crippen molar-refractivity contribution >= 4 is 52.4 Å². The number of pyridine rings is 1. The Bertz CT molecular complexity index is 1980. The molecule has 0 spiro atoms. The van der Waals surface area contributed by atoms with Crippen LogP contribution in [0.15, 0.2) is 49.1 Å². The van der Waals surface area contributed by atoms with Crippen molar-refractivity contribution in [3.05, 3.63) is 65.3 Å². The van der Waals surface area contributed by atoms with Crippen molar-refractivity contribution < 1.29 is 19.5 Å². The molecule has 296 valence electrons. The Hall–Kier alpha value is -5.33. The first-order valence-corrected chi connectivity index (χ1v) is 19.9. The number of nitriles is 1. The van der Waals surface area contributed by atoms with Crippen LogP contribution in [0.3, 0.4) is 0 Å². The van der Waals surface area contributed by atoms with Crippen LogP contribution in [0.2, 0.25) is 5.02 Å². The van der Waals surface area contributed by atoms with Gasteiger partial charge in [-0.05, 0) is 68.7 Å². The van der Waals surface area contributed by atoms with Gasteiger partial charge in [-0.2, -0.15) is 10.4 Å². The van der Waals surface area contributed by atoms with E-state index in [0.717, 1.165) is 94.4 Å². The monoisotopic (exact) mass is 783 g/mol. The molecular weight excluding hydrogens is 734 g/mol. The third kappa shape index (κ3) is 10.3. The van der Waals surface area contributed by atoms with E-state index in [4.69, 9.17) is 27.1 Å². The predicted molar refractivity (Wildman–Crippen MR) is 213 cm³/mol. The molecule has 56 heavy (non-hydrogen) atoms. The van der Waals surface area contributed by atoms with E-state index >= 15 is 0 Å². The first-order chi connectivity index (χ1) is 27.3. The van der Waals surface area contributed by atoms with Gasteiger partial charge in [0.15, 0.2) is 0 Å². The summed E-state index contributed by atoms with van der Waals surface area (Å²) in [6.45, 7) is 5.29. The van der Waals surface area contributed by atoms with E-state index in [2.05, 4.69) is 40.1 Å². The molecule has 0 atom stereocenters. The number of halogens is 1. The van der Waals surface area contributed by atoms with Gasteiger partial charge in [0, 0.05) is 65.0 Å². The SMILES string of the molecule is CNC(=O)CCN(C=O)c1nccc2c1cnn2C1CCN(CC2CCN(c3cnc(C(=O)NC4CCCCC4)cn3)CC2)CC1.N#Cc1ccc(O)cc1Cl. The van der Waals surface area contributed by atoms with E-state index in [1.54, 1.807) is 31.8 Å². The molecule has 0 radical (unpaired) electrons. The number of nitrogens with one attached hydrogen (secondary N) is 2. The summed E-state index contributed by atoms with van der Waals surface area (Å²) in [6.07, 6.45) is 17.8. The van der Waals surface area contributed by atoms with Gasteiger partial charge in [-0.25, -0.2) is 15.0 Å². The zero-order chi connectivity index (χ0) is 39.4. The largest absolute Gasteiger partial charge is 0.508 e. The fourth-order valence-corrected chi connectivity index (χ4v) is 8.01. The Balaban J connectivity index is 0.000000463. The van der Waals surface area contributed by atoms with Crippen LogP contribution in [0.4, 0.5) is 11.6 Å². The fourth-order valence-electron chi connectivity index (χ4n) is 7.79. The minimum Gasteiger partial charge on any atom is -0.508 e. The number of hydrogen-bond acceptors (Lipinski definition) is 11. The summed E-state index contributed by atoms with van der Waals surface area (Å²) in [7, 11) is 1.59. The fraction of sp³-hybridized carbons (Fsp3) is 0.500. The number of piperidine rings is 2. The molecule has 3 fully saturated rings. The first-order valence-electron chi connectivity index (χ1n) is 19.5. The molecule has 3 aromatic heterocycles. The third-order valence-corrected chi connectivity index (χ3v) is 11.3. The van der Waals surface area contributed by atoms with Crippen LogP contribution in [0.1, 0.15) is 86.3 Å². The smallest absolute Gasteiger partial charge is 0.271 e. The summed E-state index contributed by atoms with van der Waals surface area (Å²) in [5.41, 5.74) is 1.73. The number of aromatic hydroxyl groups is 1. The number of amides is 3. The highest BCUT2D eigenvalue weighted by Gasteiger charge is 2.28. The minimum absolute atomic E-state index is 0.0731. The third-order valence-electron chi connectivity index (χ3n) is 11.0. The molecule has 0 bridgehead atoms. The van der Waals surface area contributed by atoms with Gasteiger partial charge < -0.3 is 25.5 Å². The van der Waals surface area contributed by atoms with E-state index in [-0.39, 0.29) is 47.6 Å². The van der Waals surface area contributed by atoms with Crippen LogP contribution >= 0.6 is 11.6 Å². The van der Waals surface area contributed by atoms with E-state index in [1.165, 1.54) is 42.4 Å². The molecule has 2 saturated heterocycles. The van der Waals surface area contributed by atoms with E-state index in [9.17, 15) is 14.4 Å². The molecule has 4 aromatic rings. The van der Waals surface area contributed by atoms with Crippen LogP contribution in [0.5, 0.6) is 5.75 Å². The number of carbonyl (C=O) groups excluding carboxylic acids is 3. The van der Waals surface area contributed by atoms with Crippen LogP contribution < -0.4 is 20.4 Å². The zero-order valence-electron chi connectivity index (χ0n) is 31.8. The highest BCUT2D eigenvalue weighted by Crippen LogP contribution is 2.31. The number of benzene rings is 1. The number of phenolic OH excluding ortho intramolecular Hbond substituents is 1. The van der Waals surface area contributed by atoms with Crippen molar-refractivity contribution in [1.82, 2.24) is 40.3 Å². The van der Waals surface area contributed by atoms with Gasteiger partial charge in [0.1, 0.15) is 29.1 Å². The van der Waals surface area contributed by atoms with E-state index in [0.29, 0.717) is 23.0 Å². The maximum absolute atomic E-state index is 12.6. The number of rotatable bonds is 11. The summed E-state index contributed by atoms with van der Waals surface area (Å²) in [4.78, 5) is 56.0. The van der Waals surface area contributed by atoms with Crippen molar-refractivity contribution in [3.63, 3.8) is 0 Å². The second kappa shape index (κ2) is 19.5. The van der Waals surface area contributed by atoms with Gasteiger partial charge in [0.2, 0.25) is 12.3 Å². The Labute approximate surface area is 332 Å². The first kappa shape index (κ1) is 40.3. The Morgan fingerprint density at radius 3 is 2.43 bits per heavy atom. The predicted octanol–water partition coefficient (Wildman–Crippen LogP) is 4.85. The van der Waals surface area contributed by atoms with Crippen molar-refractivity contribution in [3.8, 4) is 11.8 Å². The average molecular weight is 784 g/mol. The van der Waals surface area contributed by atoms with Crippen LogP contribution in [0, 0.1) is 17.2 Å². The lowest BCUT2D eigenvalue weighted by atomic mass is 9.94. The second-order valence-corrected chi connectivity index (χ2v) is 15.1. The molecule has 1 aliphatic carbocycles. The zero-order valence-corrected chi connectivity index (χ0v) is 32.6. The Kier molecular flexibility index (Phi) is 14.0. The van der Waals surface area contributed by atoms with Gasteiger partial charge in [-0.15, -0.1) is 0 Å². The Morgan fingerprint density at radius 1 is 1.00 bits per heavy atom. The normalized spacial score (nSPS) is 17.1.